The van der Waals surface area contributed by atoms with Crippen molar-refractivity contribution in [3.8, 4) is 23.0 Å². The third-order valence-electron chi connectivity index (χ3n) is 3.05. The van der Waals surface area contributed by atoms with E-state index in [0.717, 1.165) is 5.75 Å². The van der Waals surface area contributed by atoms with Crippen LogP contribution in [0.4, 0.5) is 0 Å². The largest absolute Gasteiger partial charge is 0.489 e. The standard InChI is InChI=1S/C18H15ClO4/c19-10-3-11-20-14-6-8-15(9-7-14)21-12-16-13-22-17-4-1-2-5-18(17)23-16/h1-10,13H,11-12H2. The molecule has 0 aromatic heterocycles. The van der Waals surface area contributed by atoms with Gasteiger partial charge in [0.2, 0.25) is 0 Å². The molecule has 0 radical (unpaired) electrons. The summed E-state index contributed by atoms with van der Waals surface area (Å²) >= 11 is 5.43. The molecule has 0 spiro atoms. The van der Waals surface area contributed by atoms with Crippen LogP contribution in [0.5, 0.6) is 23.0 Å². The van der Waals surface area contributed by atoms with Crippen molar-refractivity contribution in [1.29, 1.82) is 0 Å². The van der Waals surface area contributed by atoms with E-state index in [9.17, 15) is 0 Å². The van der Waals surface area contributed by atoms with E-state index in [-0.39, 0.29) is 6.61 Å². The SMILES string of the molecule is ClC=CCOc1ccc(OCC2=COc3ccccc3O2)cc1. The maximum atomic E-state index is 5.71. The predicted octanol–water partition coefficient (Wildman–Crippen LogP) is 4.51. The number of rotatable bonds is 6. The summed E-state index contributed by atoms with van der Waals surface area (Å²) in [6.45, 7) is 0.713. The number of hydrogen-bond acceptors (Lipinski definition) is 4. The first-order valence-corrected chi connectivity index (χ1v) is 7.52. The van der Waals surface area contributed by atoms with Crippen LogP contribution in [0.2, 0.25) is 0 Å². The first-order valence-electron chi connectivity index (χ1n) is 7.08. The Morgan fingerprint density at radius 2 is 1.61 bits per heavy atom. The lowest BCUT2D eigenvalue weighted by Crippen LogP contribution is -2.12. The minimum atomic E-state index is 0.281. The summed E-state index contributed by atoms with van der Waals surface area (Å²) < 4.78 is 22.3. The molecule has 0 fully saturated rings. The van der Waals surface area contributed by atoms with E-state index in [4.69, 9.17) is 30.5 Å². The Balaban J connectivity index is 1.52. The molecule has 0 aliphatic carbocycles. The van der Waals surface area contributed by atoms with Crippen LogP contribution in [0, 0.1) is 0 Å². The zero-order chi connectivity index (χ0) is 15.9. The topological polar surface area (TPSA) is 36.9 Å². The molecule has 0 unspecified atom stereocenters. The Labute approximate surface area is 139 Å². The molecular formula is C18H15ClO4. The van der Waals surface area contributed by atoms with E-state index in [0.29, 0.717) is 29.6 Å². The van der Waals surface area contributed by atoms with Crippen molar-refractivity contribution < 1.29 is 18.9 Å². The quantitative estimate of drug-likeness (QED) is 0.781. The summed E-state index contributed by atoms with van der Waals surface area (Å²) in [6.07, 6.45) is 3.27. The zero-order valence-corrected chi connectivity index (χ0v) is 13.0. The van der Waals surface area contributed by atoms with Gasteiger partial charge >= 0.3 is 0 Å². The molecule has 1 heterocycles. The fraction of sp³-hybridized carbons (Fsp3) is 0.111. The van der Waals surface area contributed by atoms with Gasteiger partial charge in [-0.15, -0.1) is 0 Å². The lowest BCUT2D eigenvalue weighted by atomic mass is 10.3. The molecule has 5 heteroatoms. The summed E-state index contributed by atoms with van der Waals surface area (Å²) in [6, 6.07) is 14.8. The molecule has 1 aliphatic rings. The van der Waals surface area contributed by atoms with E-state index in [1.165, 1.54) is 5.54 Å². The van der Waals surface area contributed by atoms with E-state index < -0.39 is 0 Å². The number of halogens is 1. The van der Waals surface area contributed by atoms with Crippen LogP contribution in [0.3, 0.4) is 0 Å². The van der Waals surface area contributed by atoms with Gasteiger partial charge in [-0.25, -0.2) is 0 Å². The lowest BCUT2D eigenvalue weighted by molar-refractivity contribution is 0.246. The first kappa shape index (κ1) is 15.3. The predicted molar refractivity (Wildman–Crippen MR) is 88.2 cm³/mol. The molecule has 1 aliphatic heterocycles. The van der Waals surface area contributed by atoms with Crippen molar-refractivity contribution in [1.82, 2.24) is 0 Å². The summed E-state index contributed by atoms with van der Waals surface area (Å²) in [4.78, 5) is 0. The molecule has 23 heavy (non-hydrogen) atoms. The van der Waals surface area contributed by atoms with Crippen LogP contribution < -0.4 is 18.9 Å². The summed E-state index contributed by atoms with van der Waals surface area (Å²) in [5, 5.41) is 0. The van der Waals surface area contributed by atoms with Gasteiger partial charge < -0.3 is 18.9 Å². The van der Waals surface area contributed by atoms with Gasteiger partial charge in [0.05, 0.1) is 0 Å². The average Bonchev–Trinajstić information content (AvgIpc) is 2.61. The van der Waals surface area contributed by atoms with Crippen molar-refractivity contribution in [2.45, 2.75) is 0 Å². The minimum Gasteiger partial charge on any atom is -0.489 e. The summed E-state index contributed by atoms with van der Waals surface area (Å²) in [5.41, 5.74) is 1.43. The van der Waals surface area contributed by atoms with E-state index in [1.54, 1.807) is 12.3 Å². The van der Waals surface area contributed by atoms with E-state index in [2.05, 4.69) is 0 Å². The Kier molecular flexibility index (Phi) is 5.06. The van der Waals surface area contributed by atoms with Gasteiger partial charge in [0.1, 0.15) is 31.0 Å². The van der Waals surface area contributed by atoms with Gasteiger partial charge in [-0.3, -0.25) is 0 Å². The molecule has 0 N–H and O–H groups in total. The Morgan fingerprint density at radius 3 is 2.35 bits per heavy atom. The van der Waals surface area contributed by atoms with Crippen molar-refractivity contribution in [2.24, 2.45) is 0 Å². The molecule has 0 bridgehead atoms. The molecule has 0 amide bonds. The smallest absolute Gasteiger partial charge is 0.177 e. The first-order chi connectivity index (χ1) is 11.3. The Bertz CT molecular complexity index is 707. The monoisotopic (exact) mass is 330 g/mol. The van der Waals surface area contributed by atoms with E-state index in [1.807, 2.05) is 48.5 Å². The second-order valence-corrected chi connectivity index (χ2v) is 4.94. The van der Waals surface area contributed by atoms with Crippen LogP contribution >= 0.6 is 11.6 Å². The fourth-order valence-electron chi connectivity index (χ4n) is 1.96. The number of fused-ring (bicyclic) bond motifs is 1. The number of ether oxygens (including phenoxy) is 4. The van der Waals surface area contributed by atoms with Crippen LogP contribution in [-0.2, 0) is 0 Å². The minimum absolute atomic E-state index is 0.281. The van der Waals surface area contributed by atoms with Crippen LogP contribution in [-0.4, -0.2) is 13.2 Å². The van der Waals surface area contributed by atoms with Crippen molar-refractivity contribution in [3.63, 3.8) is 0 Å². The molecule has 3 rings (SSSR count). The molecule has 2 aromatic rings. The number of benzene rings is 2. The van der Waals surface area contributed by atoms with Gasteiger partial charge in [0.25, 0.3) is 0 Å². The van der Waals surface area contributed by atoms with Crippen molar-refractivity contribution in [2.75, 3.05) is 13.2 Å². The van der Waals surface area contributed by atoms with Gasteiger partial charge in [-0.1, -0.05) is 23.7 Å². The zero-order valence-electron chi connectivity index (χ0n) is 12.3. The van der Waals surface area contributed by atoms with Crippen LogP contribution in [0.15, 0.2) is 72.2 Å². The number of para-hydroxylation sites is 2. The Morgan fingerprint density at radius 1 is 0.913 bits per heavy atom. The average molecular weight is 331 g/mol. The highest BCUT2D eigenvalue weighted by molar-refractivity contribution is 6.25. The van der Waals surface area contributed by atoms with Gasteiger partial charge in [0, 0.05) is 5.54 Å². The molecule has 2 aromatic carbocycles. The fourth-order valence-corrected chi connectivity index (χ4v) is 2.03. The maximum Gasteiger partial charge on any atom is 0.177 e. The summed E-state index contributed by atoms with van der Waals surface area (Å²) in [7, 11) is 0. The highest BCUT2D eigenvalue weighted by Gasteiger charge is 2.13. The molecule has 118 valence electrons. The van der Waals surface area contributed by atoms with E-state index >= 15 is 0 Å². The van der Waals surface area contributed by atoms with Gasteiger partial charge in [-0.2, -0.15) is 0 Å². The molecule has 4 nitrogen and oxygen atoms in total. The normalized spacial score (nSPS) is 12.8. The maximum absolute atomic E-state index is 5.71. The third kappa shape index (κ3) is 4.20. The van der Waals surface area contributed by atoms with Gasteiger partial charge in [0.15, 0.2) is 17.3 Å². The molecule has 0 atom stereocenters. The van der Waals surface area contributed by atoms with Crippen molar-refractivity contribution in [3.05, 3.63) is 72.2 Å². The van der Waals surface area contributed by atoms with Crippen LogP contribution in [0.1, 0.15) is 0 Å². The third-order valence-corrected chi connectivity index (χ3v) is 3.23. The highest BCUT2D eigenvalue weighted by Crippen LogP contribution is 2.31. The van der Waals surface area contributed by atoms with Gasteiger partial charge in [-0.05, 0) is 42.5 Å². The number of hydrogen-bond donors (Lipinski definition) is 0. The van der Waals surface area contributed by atoms with Crippen molar-refractivity contribution >= 4 is 11.6 Å². The second kappa shape index (κ2) is 7.61. The second-order valence-electron chi connectivity index (χ2n) is 4.68. The molecular weight excluding hydrogens is 316 g/mol. The lowest BCUT2D eigenvalue weighted by Gasteiger charge is -2.18. The molecule has 0 saturated heterocycles. The summed E-state index contributed by atoms with van der Waals surface area (Å²) in [5.74, 6) is 3.45. The van der Waals surface area contributed by atoms with Crippen LogP contribution in [0.25, 0.3) is 0 Å². The highest BCUT2D eigenvalue weighted by atomic mass is 35.5. The molecule has 0 saturated carbocycles. The Hall–Kier alpha value is -2.59.